The molecule has 5 heteroatoms. The predicted molar refractivity (Wildman–Crippen MR) is 89.2 cm³/mol. The highest BCUT2D eigenvalue weighted by Gasteiger charge is 2.11. The lowest BCUT2D eigenvalue weighted by Crippen LogP contribution is -2.36. The van der Waals surface area contributed by atoms with Gasteiger partial charge in [-0.2, -0.15) is 0 Å². The van der Waals surface area contributed by atoms with Crippen LogP contribution in [0.1, 0.15) is 23.2 Å². The summed E-state index contributed by atoms with van der Waals surface area (Å²) in [6.45, 7) is -0.0456. The zero-order chi connectivity index (χ0) is 16.8. The summed E-state index contributed by atoms with van der Waals surface area (Å²) >= 11 is 0. The molecule has 0 heterocycles. The Labute approximate surface area is 135 Å². The molecule has 5 nitrogen and oxygen atoms in total. The average molecular weight is 312 g/mol. The number of carbonyl (C=O) groups is 3. The van der Waals surface area contributed by atoms with Crippen LogP contribution < -0.4 is 5.32 Å². The van der Waals surface area contributed by atoms with Crippen molar-refractivity contribution in [3.8, 4) is 0 Å². The van der Waals surface area contributed by atoms with Gasteiger partial charge < -0.3 is 10.2 Å². The third-order valence-corrected chi connectivity index (χ3v) is 3.59. The molecule has 0 aliphatic rings. The fraction of sp³-hybridized carbons (Fsp3) is 0.278. The Morgan fingerprint density at radius 3 is 2.35 bits per heavy atom. The number of benzene rings is 2. The lowest BCUT2D eigenvalue weighted by molar-refractivity contribution is -0.130. The molecule has 0 aliphatic heterocycles. The normalized spacial score (nSPS) is 10.3. The number of nitrogens with zero attached hydrogens (tertiary/aromatic N) is 1. The maximum absolute atomic E-state index is 12.2. The number of likely N-dealkylation sites (N-methyl/N-ethyl adjacent to an activating group) is 1. The minimum Gasteiger partial charge on any atom is -0.347 e. The Bertz CT molecular complexity index is 738. The van der Waals surface area contributed by atoms with Crippen LogP contribution in [-0.2, 0) is 9.59 Å². The molecule has 0 radical (unpaired) electrons. The van der Waals surface area contributed by atoms with Gasteiger partial charge in [0.15, 0.2) is 5.78 Å². The second kappa shape index (κ2) is 7.54. The van der Waals surface area contributed by atoms with Crippen molar-refractivity contribution in [1.82, 2.24) is 10.2 Å². The van der Waals surface area contributed by atoms with Crippen molar-refractivity contribution in [1.29, 1.82) is 0 Å². The van der Waals surface area contributed by atoms with Crippen LogP contribution in [0.4, 0.5) is 0 Å². The molecule has 0 atom stereocenters. The first-order valence-electron chi connectivity index (χ1n) is 7.46. The summed E-state index contributed by atoms with van der Waals surface area (Å²) in [6.07, 6.45) is 0.201. The zero-order valence-corrected chi connectivity index (χ0v) is 13.3. The van der Waals surface area contributed by atoms with Crippen LogP contribution in [0.3, 0.4) is 0 Å². The minimum atomic E-state index is -0.297. The fourth-order valence-electron chi connectivity index (χ4n) is 2.15. The van der Waals surface area contributed by atoms with Gasteiger partial charge in [0.25, 0.3) is 0 Å². The first kappa shape index (κ1) is 16.7. The van der Waals surface area contributed by atoms with Gasteiger partial charge in [0.2, 0.25) is 11.8 Å². The third kappa shape index (κ3) is 4.64. The Kier molecular flexibility index (Phi) is 5.46. The molecule has 0 spiro atoms. The van der Waals surface area contributed by atoms with Crippen LogP contribution in [0.25, 0.3) is 10.8 Å². The van der Waals surface area contributed by atoms with Gasteiger partial charge in [-0.15, -0.1) is 0 Å². The van der Waals surface area contributed by atoms with Gasteiger partial charge in [0, 0.05) is 32.5 Å². The summed E-state index contributed by atoms with van der Waals surface area (Å²) in [4.78, 5) is 36.6. The molecule has 0 saturated heterocycles. The molecule has 120 valence electrons. The number of nitrogens with one attached hydrogen (secondary N) is 1. The van der Waals surface area contributed by atoms with Gasteiger partial charge in [-0.3, -0.25) is 14.4 Å². The Balaban J connectivity index is 1.88. The van der Waals surface area contributed by atoms with E-state index in [9.17, 15) is 14.4 Å². The van der Waals surface area contributed by atoms with Crippen molar-refractivity contribution in [3.63, 3.8) is 0 Å². The summed E-state index contributed by atoms with van der Waals surface area (Å²) < 4.78 is 0. The van der Waals surface area contributed by atoms with Crippen molar-refractivity contribution in [2.24, 2.45) is 0 Å². The first-order chi connectivity index (χ1) is 11.0. The van der Waals surface area contributed by atoms with E-state index in [-0.39, 0.29) is 37.0 Å². The molecule has 0 aromatic heterocycles. The van der Waals surface area contributed by atoms with Crippen LogP contribution in [-0.4, -0.2) is 43.1 Å². The summed E-state index contributed by atoms with van der Waals surface area (Å²) in [5.41, 5.74) is 0.598. The smallest absolute Gasteiger partial charge is 0.241 e. The predicted octanol–water partition coefficient (Wildman–Crippen LogP) is 2.01. The van der Waals surface area contributed by atoms with E-state index in [0.717, 1.165) is 10.8 Å². The topological polar surface area (TPSA) is 66.5 Å². The van der Waals surface area contributed by atoms with E-state index in [1.165, 1.54) is 4.90 Å². The van der Waals surface area contributed by atoms with Gasteiger partial charge >= 0.3 is 0 Å². The molecule has 1 N–H and O–H groups in total. The molecule has 0 unspecified atom stereocenters. The summed E-state index contributed by atoms with van der Waals surface area (Å²) in [5.74, 6) is -0.557. The number of hydrogen-bond acceptors (Lipinski definition) is 3. The van der Waals surface area contributed by atoms with E-state index in [2.05, 4.69) is 5.32 Å². The summed E-state index contributed by atoms with van der Waals surface area (Å²) in [7, 11) is 3.25. The molecule has 2 aromatic carbocycles. The van der Waals surface area contributed by atoms with Crippen molar-refractivity contribution in [3.05, 3.63) is 48.0 Å². The summed E-state index contributed by atoms with van der Waals surface area (Å²) in [6, 6.07) is 13.3. The molecule has 0 aliphatic carbocycles. The van der Waals surface area contributed by atoms with E-state index < -0.39 is 0 Å². The highest BCUT2D eigenvalue weighted by Crippen LogP contribution is 2.17. The molecule has 2 amide bonds. The molecule has 2 rings (SSSR count). The van der Waals surface area contributed by atoms with E-state index in [0.29, 0.717) is 5.56 Å². The minimum absolute atomic E-state index is 0.0456. The Morgan fingerprint density at radius 1 is 0.957 bits per heavy atom. The quantitative estimate of drug-likeness (QED) is 0.830. The molecular formula is C18H20N2O3. The number of rotatable bonds is 6. The van der Waals surface area contributed by atoms with E-state index in [1.54, 1.807) is 20.2 Å². The second-order valence-electron chi connectivity index (χ2n) is 5.55. The van der Waals surface area contributed by atoms with Crippen LogP contribution in [0, 0.1) is 0 Å². The maximum atomic E-state index is 12.2. The Hall–Kier alpha value is -2.69. The molecule has 0 bridgehead atoms. The van der Waals surface area contributed by atoms with Crippen molar-refractivity contribution in [2.45, 2.75) is 12.8 Å². The lowest BCUT2D eigenvalue weighted by atomic mass is 10.0. The Morgan fingerprint density at radius 2 is 1.65 bits per heavy atom. The number of hydrogen-bond donors (Lipinski definition) is 1. The number of amides is 2. The van der Waals surface area contributed by atoms with Crippen LogP contribution in [0.15, 0.2) is 42.5 Å². The maximum Gasteiger partial charge on any atom is 0.241 e. The number of fused-ring (bicyclic) bond motifs is 1. The van der Waals surface area contributed by atoms with Crippen molar-refractivity contribution < 1.29 is 14.4 Å². The zero-order valence-electron chi connectivity index (χ0n) is 13.3. The molecule has 0 saturated carbocycles. The number of carbonyl (C=O) groups excluding carboxylic acids is 3. The van der Waals surface area contributed by atoms with Crippen LogP contribution in [0.5, 0.6) is 0 Å². The van der Waals surface area contributed by atoms with Gasteiger partial charge in [-0.1, -0.05) is 36.4 Å². The molecule has 2 aromatic rings. The third-order valence-electron chi connectivity index (χ3n) is 3.59. The highest BCUT2D eigenvalue weighted by atomic mass is 16.2. The first-order valence-corrected chi connectivity index (χ1v) is 7.46. The van der Waals surface area contributed by atoms with Gasteiger partial charge in [-0.25, -0.2) is 0 Å². The number of Topliss-reactive ketones (excluding diaryl/α,β-unsaturated/α-hetero) is 1. The van der Waals surface area contributed by atoms with Gasteiger partial charge in [0.1, 0.15) is 0 Å². The standard InChI is InChI=1S/C18H20N2O3/c1-20(2)18(23)12-19-17(22)10-9-16(21)15-8-7-13-5-3-4-6-14(13)11-15/h3-8,11H,9-10,12H2,1-2H3,(H,19,22). The van der Waals surface area contributed by atoms with Gasteiger partial charge in [0.05, 0.1) is 6.54 Å². The average Bonchev–Trinajstić information content (AvgIpc) is 2.56. The van der Waals surface area contributed by atoms with Gasteiger partial charge in [-0.05, 0) is 16.8 Å². The van der Waals surface area contributed by atoms with E-state index in [1.807, 2.05) is 36.4 Å². The highest BCUT2D eigenvalue weighted by molar-refractivity contribution is 6.01. The fourth-order valence-corrected chi connectivity index (χ4v) is 2.15. The van der Waals surface area contributed by atoms with E-state index in [4.69, 9.17) is 0 Å². The summed E-state index contributed by atoms with van der Waals surface area (Å²) in [5, 5.41) is 4.59. The second-order valence-corrected chi connectivity index (χ2v) is 5.55. The van der Waals surface area contributed by atoms with Crippen molar-refractivity contribution >= 4 is 28.4 Å². The number of ketones is 1. The van der Waals surface area contributed by atoms with Crippen molar-refractivity contribution in [2.75, 3.05) is 20.6 Å². The monoisotopic (exact) mass is 312 g/mol. The molecular weight excluding hydrogens is 292 g/mol. The lowest BCUT2D eigenvalue weighted by Gasteiger charge is -2.10. The SMILES string of the molecule is CN(C)C(=O)CNC(=O)CCC(=O)c1ccc2ccccc2c1. The van der Waals surface area contributed by atoms with Crippen LogP contribution in [0.2, 0.25) is 0 Å². The van der Waals surface area contributed by atoms with E-state index >= 15 is 0 Å². The molecule has 0 fully saturated rings. The van der Waals surface area contributed by atoms with Crippen LogP contribution >= 0.6 is 0 Å². The largest absolute Gasteiger partial charge is 0.347 e. The molecule has 23 heavy (non-hydrogen) atoms.